The lowest BCUT2D eigenvalue weighted by Crippen LogP contribution is -2.30. The summed E-state index contributed by atoms with van der Waals surface area (Å²) >= 11 is 5.89. The molecule has 0 fully saturated rings. The molecule has 0 aliphatic heterocycles. The largest absolute Gasteiger partial charge is 0.496 e. The van der Waals surface area contributed by atoms with E-state index in [2.05, 4.69) is 10.3 Å². The number of aromatic nitrogens is 1. The lowest BCUT2D eigenvalue weighted by atomic mass is 10.1. The van der Waals surface area contributed by atoms with E-state index >= 15 is 0 Å². The van der Waals surface area contributed by atoms with Crippen LogP contribution in [0.15, 0.2) is 36.5 Å². The first-order valence-corrected chi connectivity index (χ1v) is 7.69. The molecule has 1 atom stereocenters. The van der Waals surface area contributed by atoms with E-state index in [9.17, 15) is 9.59 Å². The lowest BCUT2D eigenvalue weighted by Gasteiger charge is -2.16. The molecule has 1 unspecified atom stereocenters. The molecule has 1 amide bonds. The van der Waals surface area contributed by atoms with Crippen LogP contribution >= 0.6 is 11.6 Å². The average molecular weight is 365 g/mol. The summed E-state index contributed by atoms with van der Waals surface area (Å²) in [5, 5.41) is 2.69. The zero-order valence-corrected chi connectivity index (χ0v) is 14.7. The molecule has 132 valence electrons. The van der Waals surface area contributed by atoms with Gasteiger partial charge < -0.3 is 19.5 Å². The van der Waals surface area contributed by atoms with Gasteiger partial charge in [0.1, 0.15) is 17.1 Å². The molecule has 0 aliphatic rings. The van der Waals surface area contributed by atoms with E-state index in [1.165, 1.54) is 27.3 Å². The molecule has 1 heterocycles. The maximum Gasteiger partial charge on any atom is 0.346 e. The van der Waals surface area contributed by atoms with E-state index in [1.54, 1.807) is 30.3 Å². The molecule has 0 saturated heterocycles. The molecule has 0 radical (unpaired) electrons. The Morgan fingerprint density at radius 3 is 2.32 bits per heavy atom. The number of benzene rings is 1. The van der Waals surface area contributed by atoms with Gasteiger partial charge in [-0.3, -0.25) is 4.79 Å². The molecule has 0 aliphatic carbocycles. The van der Waals surface area contributed by atoms with Crippen LogP contribution in [0.3, 0.4) is 0 Å². The minimum absolute atomic E-state index is 0.103. The molecular weight excluding hydrogens is 348 g/mol. The zero-order chi connectivity index (χ0) is 18.4. The van der Waals surface area contributed by atoms with Crippen molar-refractivity contribution in [3.05, 3.63) is 47.2 Å². The number of ether oxygens (including phenoxy) is 3. The van der Waals surface area contributed by atoms with Gasteiger partial charge >= 0.3 is 5.97 Å². The Kier molecular flexibility index (Phi) is 6.19. The Hall–Kier alpha value is -2.80. The highest BCUT2D eigenvalue weighted by molar-refractivity contribution is 6.32. The van der Waals surface area contributed by atoms with Gasteiger partial charge in [-0.2, -0.15) is 0 Å². The molecule has 1 N–H and O–H groups in total. The van der Waals surface area contributed by atoms with E-state index in [0.29, 0.717) is 5.69 Å². The van der Waals surface area contributed by atoms with Crippen LogP contribution in [-0.4, -0.2) is 37.2 Å². The van der Waals surface area contributed by atoms with Crippen LogP contribution in [0.5, 0.6) is 11.5 Å². The number of esters is 1. The Balaban J connectivity index is 2.12. The van der Waals surface area contributed by atoms with Crippen LogP contribution in [-0.2, 0) is 9.53 Å². The van der Waals surface area contributed by atoms with Crippen molar-refractivity contribution >= 4 is 29.2 Å². The van der Waals surface area contributed by atoms with Crippen LogP contribution in [0.2, 0.25) is 5.15 Å². The van der Waals surface area contributed by atoms with Crippen molar-refractivity contribution in [3.63, 3.8) is 0 Å². The molecule has 0 bridgehead atoms. The maximum atomic E-state index is 12.4. The van der Waals surface area contributed by atoms with Gasteiger partial charge in [-0.15, -0.1) is 0 Å². The standard InChI is InChI=1S/C17H17ClN2O5/c1-10(16(21)20-11-6-5-9-19-15(11)18)25-17(22)14-12(23-2)7-4-8-13(14)24-3/h4-10H,1-3H3,(H,20,21). The Labute approximate surface area is 149 Å². The van der Waals surface area contributed by atoms with Crippen LogP contribution in [0.25, 0.3) is 0 Å². The fourth-order valence-corrected chi connectivity index (χ4v) is 2.21. The molecule has 1 aromatic carbocycles. The zero-order valence-electron chi connectivity index (χ0n) is 13.9. The van der Waals surface area contributed by atoms with Crippen molar-refractivity contribution in [2.24, 2.45) is 0 Å². The lowest BCUT2D eigenvalue weighted by molar-refractivity contribution is -0.123. The highest BCUT2D eigenvalue weighted by Crippen LogP contribution is 2.29. The van der Waals surface area contributed by atoms with E-state index in [1.807, 2.05) is 0 Å². The van der Waals surface area contributed by atoms with Crippen molar-refractivity contribution in [1.82, 2.24) is 4.98 Å². The summed E-state index contributed by atoms with van der Waals surface area (Å²) in [6.45, 7) is 1.44. The second-order valence-electron chi connectivity index (χ2n) is 4.92. The number of anilines is 1. The minimum Gasteiger partial charge on any atom is -0.496 e. The third-order valence-electron chi connectivity index (χ3n) is 3.30. The van der Waals surface area contributed by atoms with Crippen LogP contribution in [0.4, 0.5) is 5.69 Å². The predicted octanol–water partition coefficient (Wildman–Crippen LogP) is 2.94. The van der Waals surface area contributed by atoms with E-state index < -0.39 is 18.0 Å². The van der Waals surface area contributed by atoms with Gasteiger partial charge in [-0.25, -0.2) is 9.78 Å². The predicted molar refractivity (Wildman–Crippen MR) is 92.3 cm³/mol. The second-order valence-corrected chi connectivity index (χ2v) is 5.27. The quantitative estimate of drug-likeness (QED) is 0.626. The van der Waals surface area contributed by atoms with Gasteiger partial charge in [-0.05, 0) is 31.2 Å². The van der Waals surface area contributed by atoms with Gasteiger partial charge in [0.05, 0.1) is 19.9 Å². The molecule has 1 aromatic heterocycles. The van der Waals surface area contributed by atoms with Gasteiger partial charge in [0.15, 0.2) is 11.3 Å². The van der Waals surface area contributed by atoms with Crippen molar-refractivity contribution < 1.29 is 23.8 Å². The van der Waals surface area contributed by atoms with Crippen molar-refractivity contribution in [1.29, 1.82) is 0 Å². The summed E-state index contributed by atoms with van der Waals surface area (Å²) in [6, 6.07) is 8.08. The van der Waals surface area contributed by atoms with E-state index in [-0.39, 0.29) is 22.2 Å². The molecule has 2 aromatic rings. The molecule has 0 saturated carbocycles. The van der Waals surface area contributed by atoms with Crippen molar-refractivity contribution in [3.8, 4) is 11.5 Å². The number of halogens is 1. The minimum atomic E-state index is -1.07. The van der Waals surface area contributed by atoms with Crippen LogP contribution in [0.1, 0.15) is 17.3 Å². The number of nitrogens with zero attached hydrogens (tertiary/aromatic N) is 1. The number of carbonyl (C=O) groups excluding carboxylic acids is 2. The number of rotatable bonds is 6. The second kappa shape index (κ2) is 8.34. The number of amides is 1. The molecular formula is C17H17ClN2O5. The highest BCUT2D eigenvalue weighted by atomic mass is 35.5. The van der Waals surface area contributed by atoms with Gasteiger partial charge in [0.25, 0.3) is 5.91 Å². The number of methoxy groups -OCH3 is 2. The molecule has 8 heteroatoms. The van der Waals surface area contributed by atoms with Gasteiger partial charge in [0.2, 0.25) is 0 Å². The smallest absolute Gasteiger partial charge is 0.346 e. The van der Waals surface area contributed by atoms with Crippen LogP contribution < -0.4 is 14.8 Å². The van der Waals surface area contributed by atoms with Gasteiger partial charge in [-0.1, -0.05) is 17.7 Å². The summed E-state index contributed by atoms with van der Waals surface area (Å²) in [5.74, 6) is -0.717. The summed E-state index contributed by atoms with van der Waals surface area (Å²) < 4.78 is 15.5. The Bertz CT molecular complexity index is 759. The SMILES string of the molecule is COc1cccc(OC)c1C(=O)OC(C)C(=O)Nc1cccnc1Cl. The van der Waals surface area contributed by atoms with E-state index in [0.717, 1.165) is 0 Å². The van der Waals surface area contributed by atoms with Crippen molar-refractivity contribution in [2.45, 2.75) is 13.0 Å². The Morgan fingerprint density at radius 1 is 1.12 bits per heavy atom. The third-order valence-corrected chi connectivity index (χ3v) is 3.60. The van der Waals surface area contributed by atoms with Crippen molar-refractivity contribution in [2.75, 3.05) is 19.5 Å². The first-order chi connectivity index (χ1) is 12.0. The fraction of sp³-hybridized carbons (Fsp3) is 0.235. The number of carbonyl (C=O) groups is 2. The fourth-order valence-electron chi connectivity index (χ4n) is 2.04. The first-order valence-electron chi connectivity index (χ1n) is 7.31. The molecule has 25 heavy (non-hydrogen) atoms. The summed E-state index contributed by atoms with van der Waals surface area (Å²) in [4.78, 5) is 28.5. The number of nitrogens with one attached hydrogen (secondary N) is 1. The summed E-state index contributed by atoms with van der Waals surface area (Å²) in [6.07, 6.45) is 0.425. The molecule has 0 spiro atoms. The highest BCUT2D eigenvalue weighted by Gasteiger charge is 2.25. The third kappa shape index (κ3) is 4.39. The number of pyridine rings is 1. The molecule has 7 nitrogen and oxygen atoms in total. The summed E-state index contributed by atoms with van der Waals surface area (Å²) in [7, 11) is 2.85. The normalized spacial score (nSPS) is 11.4. The van der Waals surface area contributed by atoms with Gasteiger partial charge in [0, 0.05) is 6.20 Å². The topological polar surface area (TPSA) is 86.8 Å². The number of hydrogen-bond donors (Lipinski definition) is 1. The van der Waals surface area contributed by atoms with E-state index in [4.69, 9.17) is 25.8 Å². The summed E-state index contributed by atoms with van der Waals surface area (Å²) in [5.41, 5.74) is 0.429. The maximum absolute atomic E-state index is 12.4. The number of hydrogen-bond acceptors (Lipinski definition) is 6. The monoisotopic (exact) mass is 364 g/mol. The first kappa shape index (κ1) is 18.5. The average Bonchev–Trinajstić information content (AvgIpc) is 2.62. The Morgan fingerprint density at radius 2 is 1.76 bits per heavy atom. The molecule has 2 rings (SSSR count). The van der Waals surface area contributed by atoms with Crippen LogP contribution in [0, 0.1) is 0 Å².